The Kier molecular flexibility index (Phi) is 5.10. The molecule has 7 heteroatoms. The summed E-state index contributed by atoms with van der Waals surface area (Å²) in [5.74, 6) is 0.668. The summed E-state index contributed by atoms with van der Waals surface area (Å²) in [4.78, 5) is 6.73. The van der Waals surface area contributed by atoms with E-state index < -0.39 is 10.0 Å². The van der Waals surface area contributed by atoms with Crippen LogP contribution in [0.5, 0.6) is 0 Å². The van der Waals surface area contributed by atoms with E-state index in [0.29, 0.717) is 18.8 Å². The Morgan fingerprint density at radius 1 is 1.59 bits per heavy atom. The van der Waals surface area contributed by atoms with E-state index in [-0.39, 0.29) is 11.1 Å². The van der Waals surface area contributed by atoms with Crippen LogP contribution in [-0.4, -0.2) is 31.0 Å². The summed E-state index contributed by atoms with van der Waals surface area (Å²) in [5.41, 5.74) is 5.58. The molecular formula is C10H20N4O2S. The molecule has 1 heterocycles. The van der Waals surface area contributed by atoms with Crippen LogP contribution in [0.15, 0.2) is 11.2 Å². The Morgan fingerprint density at radius 3 is 2.82 bits per heavy atom. The summed E-state index contributed by atoms with van der Waals surface area (Å²) in [6.07, 6.45) is 3.55. The smallest absolute Gasteiger partial charge is 0.257 e. The lowest BCUT2D eigenvalue weighted by Gasteiger charge is -2.06. The number of nitrogens with two attached hydrogens (primary N) is 1. The maximum atomic E-state index is 11.8. The lowest BCUT2D eigenvalue weighted by Crippen LogP contribution is -2.26. The first-order valence-corrected chi connectivity index (χ1v) is 7.23. The molecule has 0 spiro atoms. The highest BCUT2D eigenvalue weighted by molar-refractivity contribution is 7.89. The predicted molar refractivity (Wildman–Crippen MR) is 66.0 cm³/mol. The van der Waals surface area contributed by atoms with Gasteiger partial charge in [0.15, 0.2) is 5.03 Å². The average Bonchev–Trinajstić information content (AvgIpc) is 2.73. The van der Waals surface area contributed by atoms with Gasteiger partial charge in [-0.2, -0.15) is 0 Å². The molecule has 17 heavy (non-hydrogen) atoms. The summed E-state index contributed by atoms with van der Waals surface area (Å²) in [6.45, 7) is 4.20. The van der Waals surface area contributed by atoms with E-state index in [9.17, 15) is 8.42 Å². The number of aromatic amines is 1. The highest BCUT2D eigenvalue weighted by Gasteiger charge is 2.15. The Bertz CT molecular complexity index is 439. The Morgan fingerprint density at radius 2 is 2.29 bits per heavy atom. The van der Waals surface area contributed by atoms with Gasteiger partial charge in [-0.1, -0.05) is 6.92 Å². The monoisotopic (exact) mass is 260 g/mol. The summed E-state index contributed by atoms with van der Waals surface area (Å²) >= 11 is 0. The van der Waals surface area contributed by atoms with Gasteiger partial charge in [0.2, 0.25) is 0 Å². The molecular weight excluding hydrogens is 240 g/mol. The van der Waals surface area contributed by atoms with E-state index in [2.05, 4.69) is 14.7 Å². The zero-order chi connectivity index (χ0) is 12.9. The van der Waals surface area contributed by atoms with E-state index in [0.717, 1.165) is 12.8 Å². The lowest BCUT2D eigenvalue weighted by atomic mass is 10.2. The van der Waals surface area contributed by atoms with Crippen molar-refractivity contribution in [1.82, 2.24) is 14.7 Å². The van der Waals surface area contributed by atoms with Gasteiger partial charge in [-0.05, 0) is 19.8 Å². The fourth-order valence-corrected chi connectivity index (χ4v) is 2.38. The van der Waals surface area contributed by atoms with Crippen LogP contribution >= 0.6 is 0 Å². The van der Waals surface area contributed by atoms with Crippen molar-refractivity contribution < 1.29 is 8.42 Å². The van der Waals surface area contributed by atoms with Crippen LogP contribution < -0.4 is 10.5 Å². The quantitative estimate of drug-likeness (QED) is 0.617. The highest BCUT2D eigenvalue weighted by atomic mass is 32.2. The van der Waals surface area contributed by atoms with Gasteiger partial charge in [0.05, 0.1) is 6.20 Å². The Balaban J connectivity index is 2.51. The maximum Gasteiger partial charge on any atom is 0.257 e. The summed E-state index contributed by atoms with van der Waals surface area (Å²) < 4.78 is 26.1. The number of rotatable bonds is 7. The molecule has 0 amide bonds. The van der Waals surface area contributed by atoms with Crippen LogP contribution in [0.25, 0.3) is 0 Å². The van der Waals surface area contributed by atoms with Crippen LogP contribution in [0, 0.1) is 0 Å². The molecule has 0 saturated heterocycles. The minimum absolute atomic E-state index is 0.0957. The fourth-order valence-electron chi connectivity index (χ4n) is 1.37. The third-order valence-corrected chi connectivity index (χ3v) is 3.73. The summed E-state index contributed by atoms with van der Waals surface area (Å²) in [6, 6.07) is 0.0957. The number of aryl methyl sites for hydroxylation is 1. The molecule has 1 unspecified atom stereocenters. The molecule has 0 fully saturated rings. The number of aromatic nitrogens is 2. The zero-order valence-corrected chi connectivity index (χ0v) is 11.0. The molecule has 0 aromatic carbocycles. The molecule has 0 saturated carbocycles. The molecule has 0 aliphatic carbocycles. The molecule has 98 valence electrons. The SMILES string of the molecule is CCc1ncc(S(=O)(=O)NCCCC(C)N)[nH]1. The first kappa shape index (κ1) is 14.1. The predicted octanol–water partition coefficient (Wildman–Crippen LogP) is 0.378. The first-order chi connectivity index (χ1) is 7.95. The van der Waals surface area contributed by atoms with Gasteiger partial charge in [0.25, 0.3) is 10.0 Å². The van der Waals surface area contributed by atoms with E-state index in [1.807, 2.05) is 13.8 Å². The van der Waals surface area contributed by atoms with Crippen molar-refractivity contribution >= 4 is 10.0 Å². The molecule has 0 radical (unpaired) electrons. The number of imidazole rings is 1. The lowest BCUT2D eigenvalue weighted by molar-refractivity contribution is 0.565. The number of sulfonamides is 1. The van der Waals surface area contributed by atoms with Crippen molar-refractivity contribution in [2.24, 2.45) is 5.73 Å². The molecule has 1 atom stereocenters. The number of hydrogen-bond donors (Lipinski definition) is 3. The van der Waals surface area contributed by atoms with Gasteiger partial charge in [-0.3, -0.25) is 0 Å². The zero-order valence-electron chi connectivity index (χ0n) is 10.2. The van der Waals surface area contributed by atoms with E-state index >= 15 is 0 Å². The van der Waals surface area contributed by atoms with Crippen LogP contribution in [0.1, 0.15) is 32.5 Å². The second kappa shape index (κ2) is 6.13. The summed E-state index contributed by atoms with van der Waals surface area (Å²) in [5, 5.41) is 0.121. The molecule has 4 N–H and O–H groups in total. The van der Waals surface area contributed by atoms with Crippen molar-refractivity contribution in [3.05, 3.63) is 12.0 Å². The van der Waals surface area contributed by atoms with E-state index in [1.54, 1.807) is 0 Å². The molecule has 1 rings (SSSR count). The van der Waals surface area contributed by atoms with Gasteiger partial charge < -0.3 is 10.7 Å². The van der Waals surface area contributed by atoms with Gasteiger partial charge in [0, 0.05) is 19.0 Å². The normalized spacial score (nSPS) is 13.8. The minimum atomic E-state index is -3.46. The van der Waals surface area contributed by atoms with Crippen molar-refractivity contribution in [1.29, 1.82) is 0 Å². The van der Waals surface area contributed by atoms with E-state index in [4.69, 9.17) is 5.73 Å². The van der Waals surface area contributed by atoms with Crippen molar-refractivity contribution in [2.75, 3.05) is 6.54 Å². The molecule has 0 aliphatic heterocycles. The first-order valence-electron chi connectivity index (χ1n) is 5.75. The van der Waals surface area contributed by atoms with Gasteiger partial charge in [0.1, 0.15) is 5.82 Å². The molecule has 1 aromatic rings. The number of nitrogens with one attached hydrogen (secondary N) is 2. The fraction of sp³-hybridized carbons (Fsp3) is 0.700. The maximum absolute atomic E-state index is 11.8. The van der Waals surface area contributed by atoms with Gasteiger partial charge >= 0.3 is 0 Å². The van der Waals surface area contributed by atoms with E-state index in [1.165, 1.54) is 6.20 Å². The van der Waals surface area contributed by atoms with Crippen molar-refractivity contribution in [3.8, 4) is 0 Å². The standard InChI is InChI=1S/C10H20N4O2S/c1-3-9-12-7-10(14-9)17(15,16)13-6-4-5-8(2)11/h7-8,13H,3-6,11H2,1-2H3,(H,12,14). The second-order valence-corrected chi connectivity index (χ2v) is 5.80. The third kappa shape index (κ3) is 4.45. The van der Waals surface area contributed by atoms with Crippen molar-refractivity contribution in [3.63, 3.8) is 0 Å². The van der Waals surface area contributed by atoms with Crippen molar-refractivity contribution in [2.45, 2.75) is 44.2 Å². The number of H-pyrrole nitrogens is 1. The van der Waals surface area contributed by atoms with Crippen LogP contribution in [0.2, 0.25) is 0 Å². The largest absolute Gasteiger partial charge is 0.332 e. The van der Waals surface area contributed by atoms with Gasteiger partial charge in [-0.15, -0.1) is 0 Å². The topological polar surface area (TPSA) is 101 Å². The van der Waals surface area contributed by atoms with Crippen LogP contribution in [0.4, 0.5) is 0 Å². The van der Waals surface area contributed by atoms with Crippen LogP contribution in [0.3, 0.4) is 0 Å². The third-order valence-electron chi connectivity index (χ3n) is 2.36. The Labute approximate surface area is 102 Å². The minimum Gasteiger partial charge on any atom is -0.332 e. The van der Waals surface area contributed by atoms with Gasteiger partial charge in [-0.25, -0.2) is 18.1 Å². The van der Waals surface area contributed by atoms with Crippen LogP contribution in [-0.2, 0) is 16.4 Å². The number of nitrogens with zero attached hydrogens (tertiary/aromatic N) is 1. The summed E-state index contributed by atoms with van der Waals surface area (Å²) in [7, 11) is -3.46. The molecule has 1 aromatic heterocycles. The molecule has 0 aliphatic rings. The number of hydrogen-bond acceptors (Lipinski definition) is 4. The average molecular weight is 260 g/mol. The Hall–Kier alpha value is -0.920. The molecule has 6 nitrogen and oxygen atoms in total. The second-order valence-electron chi connectivity index (χ2n) is 4.06. The molecule has 0 bridgehead atoms. The highest BCUT2D eigenvalue weighted by Crippen LogP contribution is 2.06.